The molecule has 0 saturated heterocycles. The first kappa shape index (κ1) is 16.2. The molecule has 0 aliphatic heterocycles. The van der Waals surface area contributed by atoms with Gasteiger partial charge in [-0.25, -0.2) is 4.99 Å². The van der Waals surface area contributed by atoms with E-state index in [9.17, 15) is 0 Å². The van der Waals surface area contributed by atoms with E-state index in [1.165, 1.54) is 0 Å². The summed E-state index contributed by atoms with van der Waals surface area (Å²) in [4.78, 5) is 4.47. The second kappa shape index (κ2) is 7.76. The molecule has 0 amide bonds. The summed E-state index contributed by atoms with van der Waals surface area (Å²) in [6.07, 6.45) is 14.4. The Bertz CT molecular complexity index is 842. The van der Waals surface area contributed by atoms with Crippen molar-refractivity contribution in [2.45, 2.75) is 0 Å². The number of allylic oxidation sites excluding steroid dienone is 5. The minimum Gasteiger partial charge on any atom is -0.294 e. The van der Waals surface area contributed by atoms with E-state index in [0.717, 1.165) is 28.0 Å². The lowest BCUT2D eigenvalue weighted by atomic mass is 10.1. The molecule has 0 bridgehead atoms. The number of benzene rings is 1. The quantitative estimate of drug-likeness (QED) is 0.459. The van der Waals surface area contributed by atoms with Crippen LogP contribution in [0.1, 0.15) is 11.3 Å². The zero-order valence-corrected chi connectivity index (χ0v) is 13.2. The van der Waals surface area contributed by atoms with Crippen molar-refractivity contribution in [1.29, 1.82) is 0 Å². The molecule has 0 aliphatic carbocycles. The molecular weight excluding hydrogens is 280 g/mol. The van der Waals surface area contributed by atoms with Gasteiger partial charge in [0.15, 0.2) is 0 Å². The summed E-state index contributed by atoms with van der Waals surface area (Å²) in [5.41, 5.74) is 3.11. The Hall–Kier alpha value is -3.13. The van der Waals surface area contributed by atoms with Crippen LogP contribution in [0, 0.1) is 0 Å². The lowest BCUT2D eigenvalue weighted by Crippen LogP contribution is -1.98. The average Bonchev–Trinajstić information content (AvgIpc) is 2.90. The zero-order valence-electron chi connectivity index (χ0n) is 13.2. The van der Waals surface area contributed by atoms with E-state index >= 15 is 0 Å². The van der Waals surface area contributed by atoms with Crippen LogP contribution in [0.25, 0.3) is 28.9 Å². The molecule has 0 N–H and O–H groups in total. The van der Waals surface area contributed by atoms with Crippen molar-refractivity contribution in [2.24, 2.45) is 4.99 Å². The Balaban J connectivity index is 2.88. The Morgan fingerprint density at radius 3 is 2.43 bits per heavy atom. The highest BCUT2D eigenvalue weighted by atomic mass is 15.1. The van der Waals surface area contributed by atoms with Gasteiger partial charge >= 0.3 is 0 Å². The van der Waals surface area contributed by atoms with Crippen LogP contribution in [-0.4, -0.2) is 10.8 Å². The molecule has 0 fully saturated rings. The summed E-state index contributed by atoms with van der Waals surface area (Å²) < 4.78 is 2.06. The third-order valence-electron chi connectivity index (χ3n) is 3.35. The van der Waals surface area contributed by atoms with E-state index in [2.05, 4.69) is 48.0 Å². The number of para-hydroxylation sites is 1. The van der Waals surface area contributed by atoms with Crippen molar-refractivity contribution in [3.8, 4) is 0 Å². The fraction of sp³-hybridized carbons (Fsp3) is 0. The van der Waals surface area contributed by atoms with Gasteiger partial charge in [0.25, 0.3) is 0 Å². The van der Waals surface area contributed by atoms with Gasteiger partial charge in [0, 0.05) is 17.2 Å². The number of rotatable bonds is 7. The maximum absolute atomic E-state index is 4.47. The number of aromatic nitrogens is 1. The van der Waals surface area contributed by atoms with E-state index in [0.29, 0.717) is 0 Å². The summed E-state index contributed by atoms with van der Waals surface area (Å²) in [5.74, 6) is 0.754. The summed E-state index contributed by atoms with van der Waals surface area (Å²) in [6, 6.07) is 8.18. The molecule has 114 valence electrons. The predicted molar refractivity (Wildman–Crippen MR) is 104 cm³/mol. The molecule has 23 heavy (non-hydrogen) atoms. The lowest BCUT2D eigenvalue weighted by molar-refractivity contribution is 1.11. The molecular formula is C21H20N2. The molecule has 0 aliphatic rings. The number of fused-ring (bicyclic) bond motifs is 1. The van der Waals surface area contributed by atoms with Gasteiger partial charge in [-0.2, -0.15) is 0 Å². The highest BCUT2D eigenvalue weighted by molar-refractivity contribution is 5.97. The molecule has 0 radical (unpaired) electrons. The number of nitrogens with zero attached hydrogens (tertiary/aromatic N) is 2. The van der Waals surface area contributed by atoms with Gasteiger partial charge in [0.1, 0.15) is 5.82 Å². The zero-order chi connectivity index (χ0) is 16.7. The summed E-state index contributed by atoms with van der Waals surface area (Å²) in [7, 11) is 0. The molecule has 1 aromatic carbocycles. The first-order valence-corrected chi connectivity index (χ1v) is 7.31. The van der Waals surface area contributed by atoms with Crippen molar-refractivity contribution in [2.75, 3.05) is 0 Å². The number of hydrogen-bond donors (Lipinski definition) is 0. The van der Waals surface area contributed by atoms with Crippen molar-refractivity contribution >= 4 is 35.1 Å². The van der Waals surface area contributed by atoms with Crippen LogP contribution in [0.15, 0.2) is 86.0 Å². The van der Waals surface area contributed by atoms with E-state index in [-0.39, 0.29) is 0 Å². The second-order valence-electron chi connectivity index (χ2n) is 4.72. The molecule has 0 unspecified atom stereocenters. The Labute approximate surface area is 137 Å². The maximum Gasteiger partial charge on any atom is 0.137 e. The molecule has 2 rings (SSSR count). The van der Waals surface area contributed by atoms with Gasteiger partial charge in [-0.15, -0.1) is 0 Å². The van der Waals surface area contributed by atoms with E-state index in [1.54, 1.807) is 24.4 Å². The third kappa shape index (κ3) is 3.22. The molecule has 0 saturated carbocycles. The molecule has 2 nitrogen and oxygen atoms in total. The standard InChI is InChI=1S/C21H20N2/c1-5-9-13-17-18-14-10-11-15-20(18)23(19(17)8-4)21(12-6-2)22-16-7-3/h5-16H,1-4H2/b13-9-,21-12+,22-16-. The van der Waals surface area contributed by atoms with Crippen LogP contribution in [0.3, 0.4) is 0 Å². The average molecular weight is 300 g/mol. The molecule has 1 aromatic heterocycles. The Kier molecular flexibility index (Phi) is 5.48. The van der Waals surface area contributed by atoms with Gasteiger partial charge in [-0.3, -0.25) is 4.57 Å². The highest BCUT2D eigenvalue weighted by Gasteiger charge is 2.14. The van der Waals surface area contributed by atoms with Crippen molar-refractivity contribution < 1.29 is 0 Å². The van der Waals surface area contributed by atoms with E-state index in [4.69, 9.17) is 0 Å². The van der Waals surface area contributed by atoms with Crippen molar-refractivity contribution in [3.63, 3.8) is 0 Å². The van der Waals surface area contributed by atoms with Crippen LogP contribution < -0.4 is 0 Å². The predicted octanol–water partition coefficient (Wildman–Crippen LogP) is 5.72. The van der Waals surface area contributed by atoms with Gasteiger partial charge < -0.3 is 0 Å². The third-order valence-corrected chi connectivity index (χ3v) is 3.35. The summed E-state index contributed by atoms with van der Waals surface area (Å²) in [5, 5.41) is 1.13. The number of aliphatic imine (C=N–C) groups is 1. The smallest absolute Gasteiger partial charge is 0.137 e. The first-order chi connectivity index (χ1) is 11.3. The van der Waals surface area contributed by atoms with Gasteiger partial charge in [0.05, 0.1) is 11.2 Å². The van der Waals surface area contributed by atoms with Gasteiger partial charge in [-0.1, -0.05) is 74.9 Å². The molecule has 2 aromatic rings. The highest BCUT2D eigenvalue weighted by Crippen LogP contribution is 2.31. The van der Waals surface area contributed by atoms with Crippen molar-refractivity contribution in [1.82, 2.24) is 4.57 Å². The molecule has 1 heterocycles. The van der Waals surface area contributed by atoms with Crippen LogP contribution in [0.5, 0.6) is 0 Å². The van der Waals surface area contributed by atoms with Gasteiger partial charge in [0.2, 0.25) is 0 Å². The Morgan fingerprint density at radius 1 is 1.00 bits per heavy atom. The minimum absolute atomic E-state index is 0.754. The summed E-state index contributed by atoms with van der Waals surface area (Å²) in [6.45, 7) is 15.2. The normalized spacial score (nSPS) is 12.1. The SMILES string of the molecule is C=C/C=C\c1c(C=C)n(C(=C/C=C)/N=C\C=C)c2ccccc12. The topological polar surface area (TPSA) is 17.3 Å². The summed E-state index contributed by atoms with van der Waals surface area (Å²) >= 11 is 0. The van der Waals surface area contributed by atoms with Crippen LogP contribution >= 0.6 is 0 Å². The lowest BCUT2D eigenvalue weighted by Gasteiger charge is -2.08. The fourth-order valence-electron chi connectivity index (χ4n) is 2.48. The second-order valence-corrected chi connectivity index (χ2v) is 4.72. The molecule has 2 heteroatoms. The molecule has 0 spiro atoms. The monoisotopic (exact) mass is 300 g/mol. The maximum atomic E-state index is 4.47. The molecule has 0 atom stereocenters. The number of hydrogen-bond acceptors (Lipinski definition) is 1. The Morgan fingerprint density at radius 2 is 1.78 bits per heavy atom. The first-order valence-electron chi connectivity index (χ1n) is 7.31. The van der Waals surface area contributed by atoms with Crippen LogP contribution in [-0.2, 0) is 0 Å². The van der Waals surface area contributed by atoms with E-state index in [1.807, 2.05) is 36.4 Å². The van der Waals surface area contributed by atoms with Crippen LogP contribution in [0.4, 0.5) is 0 Å². The van der Waals surface area contributed by atoms with E-state index < -0.39 is 0 Å². The van der Waals surface area contributed by atoms with Crippen LogP contribution in [0.2, 0.25) is 0 Å². The minimum atomic E-state index is 0.754. The fourth-order valence-corrected chi connectivity index (χ4v) is 2.48. The van der Waals surface area contributed by atoms with Gasteiger partial charge in [-0.05, 0) is 18.2 Å². The largest absolute Gasteiger partial charge is 0.294 e. The van der Waals surface area contributed by atoms with Crippen molar-refractivity contribution in [3.05, 3.63) is 92.2 Å².